The number of carboxylic acid groups (broad SMARTS) is 1. The molecule has 0 fully saturated rings. The van der Waals surface area contributed by atoms with E-state index in [1.165, 1.54) is 6.08 Å². The van der Waals surface area contributed by atoms with Crippen molar-refractivity contribution in [1.29, 1.82) is 0 Å². The first-order chi connectivity index (χ1) is 10.7. The maximum Gasteiger partial charge on any atom is 0.310 e. The van der Waals surface area contributed by atoms with E-state index in [0.717, 1.165) is 6.08 Å². The zero-order valence-corrected chi connectivity index (χ0v) is 13.0. The SMILES string of the molecule is CC[C@H](C)C(C(=O)O)C1(O)C=CC(c2ccccc2)=CC1(F)F. The molecule has 3 nitrogen and oxygen atoms in total. The summed E-state index contributed by atoms with van der Waals surface area (Å²) >= 11 is 0. The summed E-state index contributed by atoms with van der Waals surface area (Å²) in [7, 11) is 0. The predicted octanol–water partition coefficient (Wildman–Crippen LogP) is 3.75. The minimum atomic E-state index is -3.68. The van der Waals surface area contributed by atoms with Gasteiger partial charge in [0.25, 0.3) is 5.92 Å². The Morgan fingerprint density at radius 2 is 1.87 bits per heavy atom. The van der Waals surface area contributed by atoms with E-state index in [1.807, 2.05) is 0 Å². The molecule has 0 aromatic heterocycles. The van der Waals surface area contributed by atoms with E-state index >= 15 is 0 Å². The summed E-state index contributed by atoms with van der Waals surface area (Å²) in [6, 6.07) is 8.58. The summed E-state index contributed by atoms with van der Waals surface area (Å²) in [5.74, 6) is -7.30. The molecule has 0 heterocycles. The largest absolute Gasteiger partial charge is 0.481 e. The van der Waals surface area contributed by atoms with Gasteiger partial charge >= 0.3 is 5.97 Å². The molecule has 3 atom stereocenters. The number of carboxylic acids is 1. The molecule has 2 unspecified atom stereocenters. The third-order valence-corrected chi connectivity index (χ3v) is 4.45. The summed E-state index contributed by atoms with van der Waals surface area (Å²) in [6.45, 7) is 3.26. The van der Waals surface area contributed by atoms with Crippen molar-refractivity contribution in [2.24, 2.45) is 11.8 Å². The van der Waals surface area contributed by atoms with Crippen molar-refractivity contribution in [3.8, 4) is 0 Å². The number of benzene rings is 1. The van der Waals surface area contributed by atoms with Crippen LogP contribution in [0.1, 0.15) is 25.8 Å². The van der Waals surface area contributed by atoms with Crippen LogP contribution >= 0.6 is 0 Å². The molecule has 0 radical (unpaired) electrons. The molecule has 23 heavy (non-hydrogen) atoms. The van der Waals surface area contributed by atoms with Crippen LogP contribution in [-0.2, 0) is 4.79 Å². The summed E-state index contributed by atoms with van der Waals surface area (Å²) < 4.78 is 29.3. The van der Waals surface area contributed by atoms with Crippen LogP contribution in [0, 0.1) is 11.8 Å². The van der Waals surface area contributed by atoms with Gasteiger partial charge < -0.3 is 10.2 Å². The van der Waals surface area contributed by atoms with Gasteiger partial charge in [0.05, 0.1) is 5.92 Å². The van der Waals surface area contributed by atoms with Gasteiger partial charge in [-0.1, -0.05) is 56.7 Å². The molecule has 0 bridgehead atoms. The molecule has 0 spiro atoms. The highest BCUT2D eigenvalue weighted by atomic mass is 19.3. The van der Waals surface area contributed by atoms with E-state index in [4.69, 9.17) is 0 Å². The van der Waals surface area contributed by atoms with Crippen molar-refractivity contribution in [3.05, 3.63) is 54.1 Å². The highest BCUT2D eigenvalue weighted by molar-refractivity contribution is 5.79. The molecular formula is C18H20F2O3. The van der Waals surface area contributed by atoms with Crippen LogP contribution < -0.4 is 0 Å². The molecule has 5 heteroatoms. The second-order valence-electron chi connectivity index (χ2n) is 5.95. The van der Waals surface area contributed by atoms with E-state index in [0.29, 0.717) is 18.1 Å². The molecule has 1 aromatic rings. The highest BCUT2D eigenvalue weighted by Crippen LogP contribution is 2.45. The van der Waals surface area contributed by atoms with Crippen LogP contribution in [0.5, 0.6) is 0 Å². The number of alkyl halides is 2. The van der Waals surface area contributed by atoms with Gasteiger partial charge in [0.15, 0.2) is 5.60 Å². The number of aliphatic carboxylic acids is 1. The standard InChI is InChI=1S/C18H20F2O3/c1-3-12(2)15(16(21)22)17(23)10-9-14(11-18(17,19)20)13-7-5-4-6-8-13/h4-12,15,23H,3H2,1-2H3,(H,21,22)/t12-,15?,17?/m0/s1. The number of rotatable bonds is 5. The lowest BCUT2D eigenvalue weighted by molar-refractivity contribution is -0.183. The lowest BCUT2D eigenvalue weighted by Gasteiger charge is -2.40. The van der Waals surface area contributed by atoms with E-state index in [2.05, 4.69) is 0 Å². The van der Waals surface area contributed by atoms with Gasteiger partial charge in [0.1, 0.15) is 0 Å². The molecule has 1 aliphatic carbocycles. The number of carbonyl (C=O) groups is 1. The second-order valence-corrected chi connectivity index (χ2v) is 5.95. The molecule has 1 aliphatic rings. The van der Waals surface area contributed by atoms with Gasteiger partial charge in [-0.25, -0.2) is 0 Å². The average molecular weight is 322 g/mol. The third kappa shape index (κ3) is 3.06. The highest BCUT2D eigenvalue weighted by Gasteiger charge is 2.59. The van der Waals surface area contributed by atoms with E-state index in [1.54, 1.807) is 44.2 Å². The fourth-order valence-corrected chi connectivity index (χ4v) is 2.91. The van der Waals surface area contributed by atoms with Crippen molar-refractivity contribution in [1.82, 2.24) is 0 Å². The fraction of sp³-hybridized carbons (Fsp3) is 0.389. The number of aliphatic hydroxyl groups is 1. The average Bonchev–Trinajstić information content (AvgIpc) is 2.50. The molecular weight excluding hydrogens is 302 g/mol. The number of halogens is 2. The van der Waals surface area contributed by atoms with Crippen LogP contribution in [-0.4, -0.2) is 27.7 Å². The maximum absolute atomic E-state index is 14.7. The predicted molar refractivity (Wildman–Crippen MR) is 84.0 cm³/mol. The lowest BCUT2D eigenvalue weighted by Crippen LogP contribution is -2.56. The van der Waals surface area contributed by atoms with E-state index in [9.17, 15) is 23.8 Å². The van der Waals surface area contributed by atoms with Crippen molar-refractivity contribution < 1.29 is 23.8 Å². The molecule has 124 valence electrons. The molecule has 0 saturated heterocycles. The van der Waals surface area contributed by atoms with Gasteiger partial charge in [0.2, 0.25) is 0 Å². The van der Waals surface area contributed by atoms with Crippen LogP contribution in [0.4, 0.5) is 8.78 Å². The molecule has 0 aliphatic heterocycles. The summed E-state index contributed by atoms with van der Waals surface area (Å²) in [4.78, 5) is 11.5. The Labute approximate surface area is 134 Å². The van der Waals surface area contributed by atoms with E-state index in [-0.39, 0.29) is 5.57 Å². The zero-order chi connectivity index (χ0) is 17.3. The molecule has 2 rings (SSSR count). The lowest BCUT2D eigenvalue weighted by atomic mass is 9.71. The van der Waals surface area contributed by atoms with Crippen LogP contribution in [0.15, 0.2) is 48.6 Å². The van der Waals surface area contributed by atoms with Gasteiger partial charge in [-0.3, -0.25) is 4.79 Å². The summed E-state index contributed by atoms with van der Waals surface area (Å²) in [5.41, 5.74) is -1.90. The third-order valence-electron chi connectivity index (χ3n) is 4.45. The molecule has 0 amide bonds. The van der Waals surface area contributed by atoms with Gasteiger partial charge in [-0.2, -0.15) is 8.78 Å². The quantitative estimate of drug-likeness (QED) is 0.868. The van der Waals surface area contributed by atoms with Gasteiger partial charge in [0, 0.05) is 0 Å². The maximum atomic E-state index is 14.7. The Kier molecular flexibility index (Phi) is 4.71. The van der Waals surface area contributed by atoms with Gasteiger partial charge in [-0.05, 0) is 29.2 Å². The van der Waals surface area contributed by atoms with Crippen molar-refractivity contribution >= 4 is 11.5 Å². The zero-order valence-electron chi connectivity index (χ0n) is 13.0. The minimum Gasteiger partial charge on any atom is -0.481 e. The monoisotopic (exact) mass is 322 g/mol. The van der Waals surface area contributed by atoms with Gasteiger partial charge in [-0.15, -0.1) is 0 Å². The number of hydrogen-bond acceptors (Lipinski definition) is 2. The molecule has 0 saturated carbocycles. The van der Waals surface area contributed by atoms with Crippen LogP contribution in [0.3, 0.4) is 0 Å². The first-order valence-corrected chi connectivity index (χ1v) is 7.53. The van der Waals surface area contributed by atoms with E-state index < -0.39 is 29.3 Å². The van der Waals surface area contributed by atoms with Crippen molar-refractivity contribution in [2.45, 2.75) is 31.8 Å². The Morgan fingerprint density at radius 3 is 2.35 bits per heavy atom. The Hall–Kier alpha value is -2.01. The topological polar surface area (TPSA) is 57.5 Å². The van der Waals surface area contributed by atoms with Crippen molar-refractivity contribution in [3.63, 3.8) is 0 Å². The Morgan fingerprint density at radius 1 is 1.26 bits per heavy atom. The molecule has 2 N–H and O–H groups in total. The normalized spacial score (nSPS) is 25.5. The fourth-order valence-electron chi connectivity index (χ4n) is 2.91. The first kappa shape index (κ1) is 17.3. The van der Waals surface area contributed by atoms with Crippen LogP contribution in [0.2, 0.25) is 0 Å². The Balaban J connectivity index is 2.46. The van der Waals surface area contributed by atoms with Crippen molar-refractivity contribution in [2.75, 3.05) is 0 Å². The first-order valence-electron chi connectivity index (χ1n) is 7.53. The second kappa shape index (κ2) is 6.24. The van der Waals surface area contributed by atoms with Crippen LogP contribution in [0.25, 0.3) is 5.57 Å². The number of hydrogen-bond donors (Lipinski definition) is 2. The number of allylic oxidation sites excluding steroid dienone is 2. The minimum absolute atomic E-state index is 0.258. The smallest absolute Gasteiger partial charge is 0.310 e. The summed E-state index contributed by atoms with van der Waals surface area (Å²) in [6.07, 6.45) is 3.32. The summed E-state index contributed by atoms with van der Waals surface area (Å²) in [5, 5.41) is 19.9. The molecule has 1 aromatic carbocycles. The Bertz CT molecular complexity index is 637.